The molecular weight excluding hydrogens is 216 g/mol. The van der Waals surface area contributed by atoms with Gasteiger partial charge in [0.05, 0.1) is 12.6 Å². The second kappa shape index (κ2) is 8.34. The average Bonchev–Trinajstić information content (AvgIpc) is 2.16. The van der Waals surface area contributed by atoms with Gasteiger partial charge in [-0.05, 0) is 25.7 Å². The number of rotatable bonds is 7. The fourth-order valence-electron chi connectivity index (χ4n) is 1.16. The molecule has 2 N–H and O–H groups in total. The van der Waals surface area contributed by atoms with Crippen LogP contribution in [0.25, 0.3) is 0 Å². The number of carbonyl (C=O) groups is 1. The van der Waals surface area contributed by atoms with Crippen LogP contribution in [0.5, 0.6) is 0 Å². The molecule has 17 heavy (non-hydrogen) atoms. The lowest BCUT2D eigenvalue weighted by molar-refractivity contribution is 0.0952. The Balaban J connectivity index is 3.73. The van der Waals surface area contributed by atoms with Gasteiger partial charge in [0.1, 0.15) is 0 Å². The van der Waals surface area contributed by atoms with Crippen LogP contribution in [-0.4, -0.2) is 31.3 Å². The second-order valence-corrected chi connectivity index (χ2v) is 5.48. The molecule has 2 amide bonds. The van der Waals surface area contributed by atoms with E-state index < -0.39 is 0 Å². The molecule has 2 unspecified atom stereocenters. The summed E-state index contributed by atoms with van der Waals surface area (Å²) in [6, 6.07) is 0.0961. The Bertz CT molecular complexity index is 217. The highest BCUT2D eigenvalue weighted by Crippen LogP contribution is 1.99. The highest BCUT2D eigenvalue weighted by atomic mass is 16.5. The molecule has 2 atom stereocenters. The average molecular weight is 244 g/mol. The van der Waals surface area contributed by atoms with Crippen molar-refractivity contribution in [3.8, 4) is 0 Å². The minimum atomic E-state index is -0.119. The SMILES string of the molecule is CC(C)COCC(C)NC(=O)NC(C)C(C)C. The molecule has 4 heteroatoms. The summed E-state index contributed by atoms with van der Waals surface area (Å²) >= 11 is 0. The number of urea groups is 1. The van der Waals surface area contributed by atoms with E-state index in [1.54, 1.807) is 0 Å². The highest BCUT2D eigenvalue weighted by molar-refractivity contribution is 5.74. The predicted molar refractivity (Wildman–Crippen MR) is 71.1 cm³/mol. The Morgan fingerprint density at radius 3 is 2.06 bits per heavy atom. The van der Waals surface area contributed by atoms with Gasteiger partial charge < -0.3 is 15.4 Å². The number of nitrogens with one attached hydrogen (secondary N) is 2. The Kier molecular flexibility index (Phi) is 7.96. The van der Waals surface area contributed by atoms with E-state index in [2.05, 4.69) is 38.3 Å². The van der Waals surface area contributed by atoms with Crippen molar-refractivity contribution in [1.82, 2.24) is 10.6 Å². The molecule has 0 aromatic heterocycles. The van der Waals surface area contributed by atoms with Crippen molar-refractivity contribution < 1.29 is 9.53 Å². The van der Waals surface area contributed by atoms with Crippen molar-refractivity contribution in [3.63, 3.8) is 0 Å². The zero-order valence-corrected chi connectivity index (χ0v) is 12.0. The van der Waals surface area contributed by atoms with Gasteiger partial charge >= 0.3 is 6.03 Å². The summed E-state index contributed by atoms with van der Waals surface area (Å²) in [6.07, 6.45) is 0. The topological polar surface area (TPSA) is 50.4 Å². The molecule has 0 spiro atoms. The van der Waals surface area contributed by atoms with Crippen LogP contribution in [-0.2, 0) is 4.74 Å². The molecule has 0 saturated carbocycles. The molecule has 0 bridgehead atoms. The Hall–Kier alpha value is -0.770. The largest absolute Gasteiger partial charge is 0.379 e. The number of ether oxygens (including phenoxy) is 1. The van der Waals surface area contributed by atoms with E-state index in [9.17, 15) is 4.79 Å². The van der Waals surface area contributed by atoms with Gasteiger partial charge in [0, 0.05) is 12.6 Å². The van der Waals surface area contributed by atoms with Crippen molar-refractivity contribution in [2.45, 2.75) is 53.6 Å². The molecule has 0 radical (unpaired) electrons. The summed E-state index contributed by atoms with van der Waals surface area (Å²) in [4.78, 5) is 11.6. The van der Waals surface area contributed by atoms with E-state index in [1.165, 1.54) is 0 Å². The molecule has 4 nitrogen and oxygen atoms in total. The summed E-state index contributed by atoms with van der Waals surface area (Å²) in [5.74, 6) is 0.963. The number of amides is 2. The summed E-state index contributed by atoms with van der Waals surface area (Å²) in [7, 11) is 0. The minimum Gasteiger partial charge on any atom is -0.379 e. The van der Waals surface area contributed by atoms with Crippen molar-refractivity contribution in [3.05, 3.63) is 0 Å². The smallest absolute Gasteiger partial charge is 0.315 e. The molecule has 0 fully saturated rings. The molecule has 0 aromatic carbocycles. The van der Waals surface area contributed by atoms with Crippen molar-refractivity contribution >= 4 is 6.03 Å². The Labute approximate surface area is 105 Å². The van der Waals surface area contributed by atoms with Crippen LogP contribution >= 0.6 is 0 Å². The first kappa shape index (κ1) is 16.2. The molecule has 0 aliphatic rings. The van der Waals surface area contributed by atoms with Gasteiger partial charge in [-0.15, -0.1) is 0 Å². The first-order valence-corrected chi connectivity index (χ1v) is 6.47. The number of carbonyl (C=O) groups excluding carboxylic acids is 1. The maximum atomic E-state index is 11.6. The summed E-state index contributed by atoms with van der Waals surface area (Å²) in [5.41, 5.74) is 0. The lowest BCUT2D eigenvalue weighted by Crippen LogP contribution is -2.47. The number of hydrogen-bond donors (Lipinski definition) is 2. The standard InChI is InChI=1S/C13H28N2O2/c1-9(2)7-17-8-11(5)14-13(16)15-12(6)10(3)4/h9-12H,7-8H2,1-6H3,(H2,14,15,16). The van der Waals surface area contributed by atoms with Crippen LogP contribution in [0.2, 0.25) is 0 Å². The van der Waals surface area contributed by atoms with E-state index in [0.29, 0.717) is 18.4 Å². The van der Waals surface area contributed by atoms with E-state index in [4.69, 9.17) is 4.74 Å². The summed E-state index contributed by atoms with van der Waals surface area (Å²) in [5, 5.41) is 5.77. The van der Waals surface area contributed by atoms with E-state index in [-0.39, 0.29) is 18.1 Å². The van der Waals surface area contributed by atoms with Crippen molar-refractivity contribution in [1.29, 1.82) is 0 Å². The minimum absolute atomic E-state index is 0.0353. The molecule has 0 saturated heterocycles. The first-order valence-electron chi connectivity index (χ1n) is 6.47. The van der Waals surface area contributed by atoms with Crippen molar-refractivity contribution in [2.24, 2.45) is 11.8 Å². The van der Waals surface area contributed by atoms with Crippen LogP contribution in [0, 0.1) is 11.8 Å². The van der Waals surface area contributed by atoms with Gasteiger partial charge in [-0.2, -0.15) is 0 Å². The van der Waals surface area contributed by atoms with Crippen LogP contribution in [0.1, 0.15) is 41.5 Å². The lowest BCUT2D eigenvalue weighted by atomic mass is 10.1. The fraction of sp³-hybridized carbons (Fsp3) is 0.923. The Morgan fingerprint density at radius 2 is 1.59 bits per heavy atom. The third kappa shape index (κ3) is 8.98. The van der Waals surface area contributed by atoms with Gasteiger partial charge in [-0.3, -0.25) is 0 Å². The van der Waals surface area contributed by atoms with E-state index in [0.717, 1.165) is 6.61 Å². The zero-order chi connectivity index (χ0) is 13.4. The molecule has 0 rings (SSSR count). The van der Waals surface area contributed by atoms with Crippen molar-refractivity contribution in [2.75, 3.05) is 13.2 Å². The molecule has 0 aliphatic heterocycles. The van der Waals surface area contributed by atoms with Gasteiger partial charge in [-0.25, -0.2) is 4.79 Å². The molecular formula is C13H28N2O2. The third-order valence-electron chi connectivity index (χ3n) is 2.56. The zero-order valence-electron chi connectivity index (χ0n) is 12.0. The molecule has 0 aromatic rings. The number of hydrogen-bond acceptors (Lipinski definition) is 2. The van der Waals surface area contributed by atoms with E-state index in [1.807, 2.05) is 13.8 Å². The first-order chi connectivity index (χ1) is 7.82. The van der Waals surface area contributed by atoms with Gasteiger partial charge in [0.15, 0.2) is 0 Å². The fourth-order valence-corrected chi connectivity index (χ4v) is 1.16. The molecule has 102 valence electrons. The predicted octanol–water partition coefficient (Wildman–Crippen LogP) is 2.39. The lowest BCUT2D eigenvalue weighted by Gasteiger charge is -2.20. The quantitative estimate of drug-likeness (QED) is 0.722. The summed E-state index contributed by atoms with van der Waals surface area (Å²) < 4.78 is 5.47. The van der Waals surface area contributed by atoms with Gasteiger partial charge in [-0.1, -0.05) is 27.7 Å². The maximum Gasteiger partial charge on any atom is 0.315 e. The van der Waals surface area contributed by atoms with Crippen LogP contribution in [0.15, 0.2) is 0 Å². The molecule has 0 aliphatic carbocycles. The third-order valence-corrected chi connectivity index (χ3v) is 2.56. The van der Waals surface area contributed by atoms with E-state index >= 15 is 0 Å². The normalized spacial score (nSPS) is 14.8. The van der Waals surface area contributed by atoms with Crippen LogP contribution < -0.4 is 10.6 Å². The second-order valence-electron chi connectivity index (χ2n) is 5.48. The summed E-state index contributed by atoms with van der Waals surface area (Å²) in [6.45, 7) is 13.6. The van der Waals surface area contributed by atoms with Gasteiger partial charge in [0.25, 0.3) is 0 Å². The monoisotopic (exact) mass is 244 g/mol. The van der Waals surface area contributed by atoms with Crippen LogP contribution in [0.4, 0.5) is 4.79 Å². The maximum absolute atomic E-state index is 11.6. The Morgan fingerprint density at radius 1 is 1.00 bits per heavy atom. The van der Waals surface area contributed by atoms with Crippen LogP contribution in [0.3, 0.4) is 0 Å². The van der Waals surface area contributed by atoms with Gasteiger partial charge in [0.2, 0.25) is 0 Å². The highest BCUT2D eigenvalue weighted by Gasteiger charge is 2.12. The molecule has 0 heterocycles.